The van der Waals surface area contributed by atoms with E-state index in [9.17, 15) is 4.79 Å². The van der Waals surface area contributed by atoms with Gasteiger partial charge in [0.25, 0.3) is 0 Å². The van der Waals surface area contributed by atoms with Crippen LogP contribution in [0, 0.1) is 12.3 Å². The molecular weight excluding hydrogens is 298 g/mol. The molecule has 0 aliphatic carbocycles. The second-order valence-corrected chi connectivity index (χ2v) is 6.72. The van der Waals surface area contributed by atoms with Crippen LogP contribution in [-0.4, -0.2) is 11.7 Å². The SMILES string of the molecule is C#Cc1ccc(-c2cccc(C(C)NC(=O)OC(C)(C)C)c2)cc1. The van der Waals surface area contributed by atoms with Crippen LogP contribution in [-0.2, 0) is 4.74 Å². The van der Waals surface area contributed by atoms with E-state index in [4.69, 9.17) is 11.2 Å². The Morgan fingerprint density at radius 2 is 1.79 bits per heavy atom. The molecule has 3 nitrogen and oxygen atoms in total. The van der Waals surface area contributed by atoms with Crippen molar-refractivity contribution in [3.63, 3.8) is 0 Å². The monoisotopic (exact) mass is 321 g/mol. The van der Waals surface area contributed by atoms with E-state index in [0.29, 0.717) is 0 Å². The molecule has 0 saturated carbocycles. The van der Waals surface area contributed by atoms with Crippen LogP contribution >= 0.6 is 0 Å². The van der Waals surface area contributed by atoms with Crippen molar-refractivity contribution in [2.75, 3.05) is 0 Å². The molecule has 2 aromatic carbocycles. The van der Waals surface area contributed by atoms with Crippen LogP contribution in [0.1, 0.15) is 44.9 Å². The molecule has 0 bridgehead atoms. The summed E-state index contributed by atoms with van der Waals surface area (Å²) in [6, 6.07) is 15.8. The van der Waals surface area contributed by atoms with Crippen LogP contribution in [0.15, 0.2) is 48.5 Å². The number of amides is 1. The largest absolute Gasteiger partial charge is 0.444 e. The molecule has 24 heavy (non-hydrogen) atoms. The summed E-state index contributed by atoms with van der Waals surface area (Å²) in [5, 5.41) is 2.86. The summed E-state index contributed by atoms with van der Waals surface area (Å²) in [4.78, 5) is 11.9. The summed E-state index contributed by atoms with van der Waals surface area (Å²) in [6.07, 6.45) is 4.97. The third-order valence-electron chi connectivity index (χ3n) is 3.50. The molecule has 1 N–H and O–H groups in total. The Labute approximate surface area is 144 Å². The zero-order valence-corrected chi connectivity index (χ0v) is 14.6. The molecule has 0 spiro atoms. The first kappa shape index (κ1) is 17.6. The molecular formula is C21H23NO2. The zero-order valence-electron chi connectivity index (χ0n) is 14.6. The van der Waals surface area contributed by atoms with Crippen LogP contribution in [0.4, 0.5) is 4.79 Å². The molecule has 0 radical (unpaired) electrons. The molecule has 0 fully saturated rings. The van der Waals surface area contributed by atoms with Crippen LogP contribution in [0.25, 0.3) is 11.1 Å². The molecule has 0 aliphatic heterocycles. The van der Waals surface area contributed by atoms with Gasteiger partial charge in [0.05, 0.1) is 6.04 Å². The molecule has 3 heteroatoms. The first-order chi connectivity index (χ1) is 11.3. The molecule has 1 atom stereocenters. The van der Waals surface area contributed by atoms with Gasteiger partial charge in [0.1, 0.15) is 5.60 Å². The van der Waals surface area contributed by atoms with E-state index >= 15 is 0 Å². The third kappa shape index (κ3) is 4.89. The number of carbonyl (C=O) groups excluding carboxylic acids is 1. The Morgan fingerprint density at radius 1 is 1.12 bits per heavy atom. The predicted octanol–water partition coefficient (Wildman–Crippen LogP) is 4.92. The van der Waals surface area contributed by atoms with Gasteiger partial charge in [-0.15, -0.1) is 6.42 Å². The topological polar surface area (TPSA) is 38.3 Å². The summed E-state index contributed by atoms with van der Waals surface area (Å²) in [6.45, 7) is 7.47. The van der Waals surface area contributed by atoms with E-state index in [1.165, 1.54) is 0 Å². The standard InChI is InChI=1S/C21H23NO2/c1-6-16-10-12-17(13-11-16)19-9-7-8-18(14-19)15(2)22-20(23)24-21(3,4)5/h1,7-15H,2-5H3,(H,22,23). The third-order valence-corrected chi connectivity index (χ3v) is 3.50. The normalized spacial score (nSPS) is 12.1. The maximum Gasteiger partial charge on any atom is 0.408 e. The number of ether oxygens (including phenoxy) is 1. The lowest BCUT2D eigenvalue weighted by molar-refractivity contribution is 0.0508. The quantitative estimate of drug-likeness (QED) is 0.815. The lowest BCUT2D eigenvalue weighted by Crippen LogP contribution is -2.34. The zero-order chi connectivity index (χ0) is 17.7. The Bertz CT molecular complexity index is 749. The van der Waals surface area contributed by atoms with E-state index in [-0.39, 0.29) is 6.04 Å². The van der Waals surface area contributed by atoms with Crippen LogP contribution in [0.5, 0.6) is 0 Å². The summed E-state index contributed by atoms with van der Waals surface area (Å²) < 4.78 is 5.30. The fourth-order valence-electron chi connectivity index (χ4n) is 2.31. The maximum absolute atomic E-state index is 11.9. The second-order valence-electron chi connectivity index (χ2n) is 6.72. The average molecular weight is 321 g/mol. The first-order valence-corrected chi connectivity index (χ1v) is 7.95. The van der Waals surface area contributed by atoms with Crippen molar-refractivity contribution in [2.45, 2.75) is 39.3 Å². The fourth-order valence-corrected chi connectivity index (χ4v) is 2.31. The number of terminal acetylenes is 1. The van der Waals surface area contributed by atoms with Crippen molar-refractivity contribution >= 4 is 6.09 Å². The Kier molecular flexibility index (Phi) is 5.31. The van der Waals surface area contributed by atoms with E-state index < -0.39 is 11.7 Å². The van der Waals surface area contributed by atoms with Crippen LogP contribution in [0.3, 0.4) is 0 Å². The number of rotatable bonds is 3. The van der Waals surface area contributed by atoms with Crippen molar-refractivity contribution in [1.29, 1.82) is 0 Å². The summed E-state index contributed by atoms with van der Waals surface area (Å²) in [5.41, 5.74) is 3.52. The number of alkyl carbamates (subject to hydrolysis) is 1. The molecule has 1 amide bonds. The average Bonchev–Trinajstić information content (AvgIpc) is 2.53. The van der Waals surface area contributed by atoms with Gasteiger partial charge in [-0.2, -0.15) is 0 Å². The number of hydrogen-bond acceptors (Lipinski definition) is 2. The summed E-state index contributed by atoms with van der Waals surface area (Å²) >= 11 is 0. The molecule has 2 rings (SSSR count). The minimum absolute atomic E-state index is 0.148. The molecule has 124 valence electrons. The van der Waals surface area contributed by atoms with Crippen molar-refractivity contribution in [3.05, 3.63) is 59.7 Å². The number of nitrogens with one attached hydrogen (secondary N) is 1. The minimum Gasteiger partial charge on any atom is -0.444 e. The first-order valence-electron chi connectivity index (χ1n) is 7.95. The molecule has 0 heterocycles. The van der Waals surface area contributed by atoms with Crippen molar-refractivity contribution in [3.8, 4) is 23.5 Å². The van der Waals surface area contributed by atoms with E-state index in [0.717, 1.165) is 22.3 Å². The molecule has 0 aliphatic rings. The van der Waals surface area contributed by atoms with Crippen LogP contribution in [0.2, 0.25) is 0 Å². The Hall–Kier alpha value is -2.73. The summed E-state index contributed by atoms with van der Waals surface area (Å²) in [7, 11) is 0. The minimum atomic E-state index is -0.509. The van der Waals surface area contributed by atoms with Gasteiger partial charge in [0.15, 0.2) is 0 Å². The predicted molar refractivity (Wildman–Crippen MR) is 97.6 cm³/mol. The highest BCUT2D eigenvalue weighted by atomic mass is 16.6. The van der Waals surface area contributed by atoms with E-state index in [1.807, 2.05) is 70.2 Å². The van der Waals surface area contributed by atoms with Crippen LogP contribution < -0.4 is 5.32 Å². The smallest absolute Gasteiger partial charge is 0.408 e. The number of carbonyl (C=O) groups is 1. The van der Waals surface area contributed by atoms with Crippen molar-refractivity contribution in [2.24, 2.45) is 0 Å². The van der Waals surface area contributed by atoms with E-state index in [2.05, 4.69) is 17.3 Å². The highest BCUT2D eigenvalue weighted by Gasteiger charge is 2.18. The van der Waals surface area contributed by atoms with Gasteiger partial charge in [0, 0.05) is 5.56 Å². The van der Waals surface area contributed by atoms with Gasteiger partial charge in [-0.25, -0.2) is 4.79 Å². The fraction of sp³-hybridized carbons (Fsp3) is 0.286. The van der Waals surface area contributed by atoms with Gasteiger partial charge < -0.3 is 10.1 Å². The van der Waals surface area contributed by atoms with Gasteiger partial charge in [-0.05, 0) is 62.6 Å². The maximum atomic E-state index is 11.9. The number of hydrogen-bond donors (Lipinski definition) is 1. The molecule has 0 aromatic heterocycles. The molecule has 0 saturated heterocycles. The van der Waals surface area contributed by atoms with Gasteiger partial charge in [-0.1, -0.05) is 36.3 Å². The Morgan fingerprint density at radius 3 is 2.38 bits per heavy atom. The van der Waals surface area contributed by atoms with Gasteiger partial charge >= 0.3 is 6.09 Å². The molecule has 2 aromatic rings. The highest BCUT2D eigenvalue weighted by molar-refractivity contribution is 5.69. The summed E-state index contributed by atoms with van der Waals surface area (Å²) in [5.74, 6) is 2.61. The Balaban J connectivity index is 2.14. The lowest BCUT2D eigenvalue weighted by atomic mass is 9.99. The highest BCUT2D eigenvalue weighted by Crippen LogP contribution is 2.24. The second kappa shape index (κ2) is 7.23. The van der Waals surface area contributed by atoms with Crippen molar-refractivity contribution in [1.82, 2.24) is 5.32 Å². The van der Waals surface area contributed by atoms with Gasteiger partial charge in [-0.3, -0.25) is 0 Å². The molecule has 1 unspecified atom stereocenters. The number of benzene rings is 2. The van der Waals surface area contributed by atoms with E-state index in [1.54, 1.807) is 0 Å². The lowest BCUT2D eigenvalue weighted by Gasteiger charge is -2.22. The van der Waals surface area contributed by atoms with Crippen molar-refractivity contribution < 1.29 is 9.53 Å². The van der Waals surface area contributed by atoms with Gasteiger partial charge in [0.2, 0.25) is 0 Å².